The second-order valence-corrected chi connectivity index (χ2v) is 5.86. The molecule has 0 spiro atoms. The number of benzene rings is 1. The molecule has 0 aliphatic carbocycles. The molecule has 0 bridgehead atoms. The second-order valence-electron chi connectivity index (χ2n) is 5.86. The molecule has 128 valence electrons. The van der Waals surface area contributed by atoms with Crippen LogP contribution in [0.5, 0.6) is 0 Å². The average molecular weight is 340 g/mol. The van der Waals surface area contributed by atoms with Crippen molar-refractivity contribution in [3.05, 3.63) is 53.6 Å². The van der Waals surface area contributed by atoms with Crippen LogP contribution in [0.2, 0.25) is 0 Å². The SMILES string of the molecule is N#Cc1cc(NC(=O)c2cccc(F)n2)ccc1N1CCC(O)CC1. The van der Waals surface area contributed by atoms with Gasteiger partial charge in [0.1, 0.15) is 11.8 Å². The first-order valence-corrected chi connectivity index (χ1v) is 7.98. The Balaban J connectivity index is 1.77. The Hall–Kier alpha value is -2.98. The van der Waals surface area contributed by atoms with Crippen LogP contribution in [0.25, 0.3) is 0 Å². The van der Waals surface area contributed by atoms with Crippen molar-refractivity contribution < 1.29 is 14.3 Å². The van der Waals surface area contributed by atoms with Gasteiger partial charge in [0, 0.05) is 18.8 Å². The number of nitrogens with one attached hydrogen (secondary N) is 1. The van der Waals surface area contributed by atoms with Crippen LogP contribution in [-0.4, -0.2) is 35.2 Å². The molecule has 1 fully saturated rings. The molecule has 1 saturated heterocycles. The van der Waals surface area contributed by atoms with Crippen LogP contribution in [0.15, 0.2) is 36.4 Å². The summed E-state index contributed by atoms with van der Waals surface area (Å²) in [7, 11) is 0. The van der Waals surface area contributed by atoms with Crippen LogP contribution in [0, 0.1) is 17.3 Å². The summed E-state index contributed by atoms with van der Waals surface area (Å²) in [6, 6.07) is 11.2. The summed E-state index contributed by atoms with van der Waals surface area (Å²) < 4.78 is 13.1. The van der Waals surface area contributed by atoms with Crippen molar-refractivity contribution in [1.82, 2.24) is 4.98 Å². The number of nitrogens with zero attached hydrogens (tertiary/aromatic N) is 3. The van der Waals surface area contributed by atoms with Crippen LogP contribution in [0.4, 0.5) is 15.8 Å². The number of rotatable bonds is 3. The van der Waals surface area contributed by atoms with E-state index >= 15 is 0 Å². The maximum Gasteiger partial charge on any atom is 0.274 e. The molecule has 2 N–H and O–H groups in total. The lowest BCUT2D eigenvalue weighted by Gasteiger charge is -2.32. The number of amides is 1. The number of pyridine rings is 1. The minimum atomic E-state index is -0.729. The van der Waals surface area contributed by atoms with E-state index in [0.29, 0.717) is 37.2 Å². The minimum Gasteiger partial charge on any atom is -0.393 e. The lowest BCUT2D eigenvalue weighted by molar-refractivity contribution is 0.102. The van der Waals surface area contributed by atoms with E-state index in [9.17, 15) is 19.6 Å². The monoisotopic (exact) mass is 340 g/mol. The lowest BCUT2D eigenvalue weighted by atomic mass is 10.0. The Morgan fingerprint density at radius 3 is 2.76 bits per heavy atom. The number of halogens is 1. The molecular weight excluding hydrogens is 323 g/mol. The van der Waals surface area contributed by atoms with Gasteiger partial charge < -0.3 is 15.3 Å². The number of aliphatic hydroxyl groups excluding tert-OH is 1. The van der Waals surface area contributed by atoms with E-state index < -0.39 is 11.9 Å². The second kappa shape index (κ2) is 7.28. The van der Waals surface area contributed by atoms with Crippen molar-refractivity contribution >= 4 is 17.3 Å². The summed E-state index contributed by atoms with van der Waals surface area (Å²) in [5.74, 6) is -1.27. The normalized spacial score (nSPS) is 14.8. The van der Waals surface area contributed by atoms with Crippen molar-refractivity contribution in [2.24, 2.45) is 0 Å². The van der Waals surface area contributed by atoms with Crippen LogP contribution in [0.3, 0.4) is 0 Å². The standard InChI is InChI=1S/C18H17FN4O2/c19-17-3-1-2-15(22-17)18(25)21-13-4-5-16(12(10-13)11-20)23-8-6-14(24)7-9-23/h1-5,10,14,24H,6-9H2,(H,21,25). The smallest absolute Gasteiger partial charge is 0.274 e. The van der Waals surface area contributed by atoms with E-state index in [-0.39, 0.29) is 11.8 Å². The number of carbonyl (C=O) groups excluding carboxylic acids is 1. The molecule has 1 amide bonds. The van der Waals surface area contributed by atoms with Gasteiger partial charge in [0.15, 0.2) is 0 Å². The fourth-order valence-corrected chi connectivity index (χ4v) is 2.82. The minimum absolute atomic E-state index is 0.0346. The average Bonchev–Trinajstić information content (AvgIpc) is 2.62. The molecule has 0 atom stereocenters. The van der Waals surface area contributed by atoms with E-state index in [4.69, 9.17) is 0 Å². The zero-order valence-corrected chi connectivity index (χ0v) is 13.4. The zero-order chi connectivity index (χ0) is 17.8. The number of hydrogen-bond acceptors (Lipinski definition) is 5. The van der Waals surface area contributed by atoms with Crippen LogP contribution < -0.4 is 10.2 Å². The first-order chi connectivity index (χ1) is 12.1. The molecule has 1 aromatic heterocycles. The highest BCUT2D eigenvalue weighted by Crippen LogP contribution is 2.26. The number of carbonyl (C=O) groups is 1. The Morgan fingerprint density at radius 2 is 2.08 bits per heavy atom. The first kappa shape index (κ1) is 16.9. The predicted octanol–water partition coefficient (Wildman–Crippen LogP) is 2.31. The third-order valence-electron chi connectivity index (χ3n) is 4.13. The van der Waals surface area contributed by atoms with Gasteiger partial charge in [-0.1, -0.05) is 6.07 Å². The zero-order valence-electron chi connectivity index (χ0n) is 13.4. The van der Waals surface area contributed by atoms with Crippen molar-refractivity contribution in [3.8, 4) is 6.07 Å². The summed E-state index contributed by atoms with van der Waals surface area (Å²) in [5, 5.41) is 21.6. The maximum atomic E-state index is 13.1. The predicted molar refractivity (Wildman–Crippen MR) is 90.8 cm³/mol. The van der Waals surface area contributed by atoms with E-state index in [1.165, 1.54) is 12.1 Å². The molecule has 25 heavy (non-hydrogen) atoms. The molecule has 0 unspecified atom stereocenters. The number of piperidine rings is 1. The van der Waals surface area contributed by atoms with Crippen molar-refractivity contribution in [2.45, 2.75) is 18.9 Å². The topological polar surface area (TPSA) is 89.2 Å². The number of aliphatic hydroxyl groups is 1. The van der Waals surface area contributed by atoms with Gasteiger partial charge in [-0.2, -0.15) is 9.65 Å². The quantitative estimate of drug-likeness (QED) is 0.837. The number of aromatic nitrogens is 1. The summed E-state index contributed by atoms with van der Waals surface area (Å²) in [4.78, 5) is 17.7. The fraction of sp³-hybridized carbons (Fsp3) is 0.278. The van der Waals surface area contributed by atoms with E-state index in [1.807, 2.05) is 4.90 Å². The van der Waals surface area contributed by atoms with Gasteiger partial charge in [0.25, 0.3) is 5.91 Å². The molecule has 7 heteroatoms. The Labute approximate surface area is 144 Å². The largest absolute Gasteiger partial charge is 0.393 e. The molecule has 1 aromatic carbocycles. The van der Waals surface area contributed by atoms with Gasteiger partial charge in [-0.15, -0.1) is 0 Å². The van der Waals surface area contributed by atoms with Crippen LogP contribution >= 0.6 is 0 Å². The maximum absolute atomic E-state index is 13.1. The third kappa shape index (κ3) is 3.92. The van der Waals surface area contributed by atoms with E-state index in [1.54, 1.807) is 18.2 Å². The van der Waals surface area contributed by atoms with Crippen molar-refractivity contribution in [1.29, 1.82) is 5.26 Å². The molecule has 2 heterocycles. The highest BCUT2D eigenvalue weighted by atomic mass is 19.1. The number of hydrogen-bond donors (Lipinski definition) is 2. The van der Waals surface area contributed by atoms with Crippen molar-refractivity contribution in [3.63, 3.8) is 0 Å². The first-order valence-electron chi connectivity index (χ1n) is 7.98. The molecule has 1 aliphatic heterocycles. The van der Waals surface area contributed by atoms with Crippen LogP contribution in [-0.2, 0) is 0 Å². The molecule has 0 radical (unpaired) electrons. The number of anilines is 2. The molecular formula is C18H17FN4O2. The molecule has 2 aromatic rings. The van der Waals surface area contributed by atoms with Crippen molar-refractivity contribution in [2.75, 3.05) is 23.3 Å². The summed E-state index contributed by atoms with van der Waals surface area (Å²) in [6.45, 7) is 1.35. The van der Waals surface area contributed by atoms with Gasteiger partial charge in [0.05, 0.1) is 17.4 Å². The Morgan fingerprint density at radius 1 is 1.32 bits per heavy atom. The molecule has 6 nitrogen and oxygen atoms in total. The number of nitriles is 1. The van der Waals surface area contributed by atoms with E-state index in [0.717, 1.165) is 11.8 Å². The van der Waals surface area contributed by atoms with Gasteiger partial charge in [-0.05, 0) is 43.2 Å². The molecule has 0 saturated carbocycles. The highest BCUT2D eigenvalue weighted by Gasteiger charge is 2.20. The summed E-state index contributed by atoms with van der Waals surface area (Å²) >= 11 is 0. The van der Waals surface area contributed by atoms with Crippen LogP contribution in [0.1, 0.15) is 28.9 Å². The van der Waals surface area contributed by atoms with Gasteiger partial charge in [-0.25, -0.2) is 4.98 Å². The third-order valence-corrected chi connectivity index (χ3v) is 4.13. The van der Waals surface area contributed by atoms with E-state index in [2.05, 4.69) is 16.4 Å². The van der Waals surface area contributed by atoms with Gasteiger partial charge >= 0.3 is 0 Å². The Bertz CT molecular complexity index is 826. The van der Waals surface area contributed by atoms with Gasteiger partial charge in [-0.3, -0.25) is 4.79 Å². The Kier molecular flexibility index (Phi) is 4.91. The van der Waals surface area contributed by atoms with Gasteiger partial charge in [0.2, 0.25) is 5.95 Å². The molecule has 3 rings (SSSR count). The fourth-order valence-electron chi connectivity index (χ4n) is 2.82. The summed E-state index contributed by atoms with van der Waals surface area (Å²) in [5.41, 5.74) is 1.61. The highest BCUT2D eigenvalue weighted by molar-refractivity contribution is 6.03. The summed E-state index contributed by atoms with van der Waals surface area (Å²) in [6.07, 6.45) is 1.03. The molecule has 1 aliphatic rings. The lowest BCUT2D eigenvalue weighted by Crippen LogP contribution is -2.36.